The molecular weight excluding hydrogens is 558 g/mol. The van der Waals surface area contributed by atoms with E-state index in [0.717, 1.165) is 47.7 Å². The van der Waals surface area contributed by atoms with E-state index in [0.29, 0.717) is 36.4 Å². The summed E-state index contributed by atoms with van der Waals surface area (Å²) in [4.78, 5) is 28.1. The van der Waals surface area contributed by atoms with E-state index in [9.17, 15) is 18.4 Å². The zero-order valence-corrected chi connectivity index (χ0v) is 25.6. The fourth-order valence-electron chi connectivity index (χ4n) is 4.66. The maximum atomic E-state index is 13.7. The number of methoxy groups -OCH3 is 1. The van der Waals surface area contributed by atoms with Gasteiger partial charge in [0.1, 0.15) is 11.6 Å². The van der Waals surface area contributed by atoms with Crippen molar-refractivity contribution in [2.75, 3.05) is 38.8 Å². The third-order valence-electron chi connectivity index (χ3n) is 6.89. The van der Waals surface area contributed by atoms with Gasteiger partial charge in [-0.05, 0) is 84.6 Å². The first-order valence-corrected chi connectivity index (χ1v) is 15.5. The highest BCUT2D eigenvalue weighted by Gasteiger charge is 2.25. The number of ether oxygens (including phenoxy) is 2. The highest BCUT2D eigenvalue weighted by atomic mass is 32.2. The number of esters is 1. The molecule has 226 valence electrons. The van der Waals surface area contributed by atoms with Gasteiger partial charge < -0.3 is 14.8 Å². The summed E-state index contributed by atoms with van der Waals surface area (Å²) < 4.78 is 37.9. The molecule has 1 amide bonds. The Balaban J connectivity index is 1.89. The van der Waals surface area contributed by atoms with Crippen molar-refractivity contribution in [3.63, 3.8) is 0 Å². The summed E-state index contributed by atoms with van der Waals surface area (Å²) in [7, 11) is 1.25. The van der Waals surface area contributed by atoms with Gasteiger partial charge in [0.2, 0.25) is 6.23 Å². The molecule has 9 heteroatoms. The maximum Gasteiger partial charge on any atom is 0.356 e. The standard InChI is InChI=1S/C33H40F2N2O4S/c1-5-6-14-37(15-13-24-18-26(34)21-27(35)19-24)22-25-11-12-29(30(20-25)28-10-8-7-9-23(28)2)31(38)36-32(33(39)40-3)41-16-17-42-4/h7-12,18-21,32H,5-6,13-17,22H2,1-4H3,(H,36,38). The normalized spacial score (nSPS) is 11.9. The van der Waals surface area contributed by atoms with Crippen molar-refractivity contribution in [2.24, 2.45) is 0 Å². The summed E-state index contributed by atoms with van der Waals surface area (Å²) in [6.07, 6.45) is 3.20. The lowest BCUT2D eigenvalue weighted by Crippen LogP contribution is -2.44. The van der Waals surface area contributed by atoms with Crippen LogP contribution >= 0.6 is 11.8 Å². The van der Waals surface area contributed by atoms with E-state index in [4.69, 9.17) is 9.47 Å². The lowest BCUT2D eigenvalue weighted by Gasteiger charge is -2.24. The predicted octanol–water partition coefficient (Wildman–Crippen LogP) is 6.39. The molecular formula is C33H40F2N2O4S. The minimum absolute atomic E-state index is 0.278. The van der Waals surface area contributed by atoms with Gasteiger partial charge >= 0.3 is 5.97 Å². The van der Waals surface area contributed by atoms with Crippen LogP contribution in [0.4, 0.5) is 8.78 Å². The monoisotopic (exact) mass is 598 g/mol. The number of hydrogen-bond donors (Lipinski definition) is 1. The van der Waals surface area contributed by atoms with E-state index in [1.54, 1.807) is 17.8 Å². The summed E-state index contributed by atoms with van der Waals surface area (Å²) in [6, 6.07) is 17.1. The van der Waals surface area contributed by atoms with E-state index in [1.165, 1.54) is 19.2 Å². The fourth-order valence-corrected chi connectivity index (χ4v) is 4.92. The SMILES string of the molecule is CCCCN(CCc1cc(F)cc(F)c1)Cc1ccc(C(=O)NC(OCCSC)C(=O)OC)c(-c2ccccc2C)c1. The van der Waals surface area contributed by atoms with E-state index < -0.39 is 29.7 Å². The van der Waals surface area contributed by atoms with Gasteiger partial charge in [0.15, 0.2) is 0 Å². The zero-order chi connectivity index (χ0) is 30.5. The smallest absolute Gasteiger partial charge is 0.356 e. The van der Waals surface area contributed by atoms with Crippen LogP contribution in [0.1, 0.15) is 46.8 Å². The van der Waals surface area contributed by atoms with Crippen LogP contribution in [0.15, 0.2) is 60.7 Å². The quantitative estimate of drug-likeness (QED) is 0.117. The highest BCUT2D eigenvalue weighted by molar-refractivity contribution is 7.98. The minimum atomic E-state index is -1.23. The Hall–Kier alpha value is -3.27. The second kappa shape index (κ2) is 17.0. The van der Waals surface area contributed by atoms with Crippen LogP contribution in [0.3, 0.4) is 0 Å². The van der Waals surface area contributed by atoms with Crippen molar-refractivity contribution in [3.05, 3.63) is 94.6 Å². The number of nitrogens with zero attached hydrogens (tertiary/aromatic N) is 1. The number of carbonyl (C=O) groups excluding carboxylic acids is 2. The van der Waals surface area contributed by atoms with Gasteiger partial charge in [0.25, 0.3) is 5.91 Å². The predicted molar refractivity (Wildman–Crippen MR) is 164 cm³/mol. The molecule has 42 heavy (non-hydrogen) atoms. The van der Waals surface area contributed by atoms with Gasteiger partial charge in [0.05, 0.1) is 13.7 Å². The molecule has 0 saturated carbocycles. The summed E-state index contributed by atoms with van der Waals surface area (Å²) in [6.45, 7) is 6.43. The first-order valence-electron chi connectivity index (χ1n) is 14.1. The number of unbranched alkanes of at least 4 members (excludes halogenated alkanes) is 1. The topological polar surface area (TPSA) is 67.9 Å². The molecule has 0 saturated heterocycles. The molecule has 1 unspecified atom stereocenters. The van der Waals surface area contributed by atoms with Crippen LogP contribution in [0, 0.1) is 18.6 Å². The largest absolute Gasteiger partial charge is 0.466 e. The Morgan fingerprint density at radius 3 is 2.38 bits per heavy atom. The molecule has 0 aliphatic rings. The zero-order valence-electron chi connectivity index (χ0n) is 24.8. The molecule has 0 aliphatic carbocycles. The van der Waals surface area contributed by atoms with Crippen LogP contribution in [-0.4, -0.2) is 61.8 Å². The van der Waals surface area contributed by atoms with Crippen molar-refractivity contribution in [1.82, 2.24) is 10.2 Å². The van der Waals surface area contributed by atoms with Crippen LogP contribution in [0.2, 0.25) is 0 Å². The van der Waals surface area contributed by atoms with Crippen molar-refractivity contribution in [2.45, 2.75) is 45.9 Å². The van der Waals surface area contributed by atoms with Gasteiger partial charge in [0, 0.05) is 30.5 Å². The van der Waals surface area contributed by atoms with Crippen LogP contribution in [-0.2, 0) is 27.2 Å². The number of halogens is 2. The molecule has 3 aromatic rings. The lowest BCUT2D eigenvalue weighted by molar-refractivity contribution is -0.155. The van der Waals surface area contributed by atoms with Gasteiger partial charge in [-0.2, -0.15) is 11.8 Å². The first-order chi connectivity index (χ1) is 20.2. The first kappa shape index (κ1) is 33.2. The molecule has 6 nitrogen and oxygen atoms in total. The second-order valence-electron chi connectivity index (χ2n) is 10.1. The van der Waals surface area contributed by atoms with E-state index >= 15 is 0 Å². The number of aryl methyl sites for hydroxylation is 1. The molecule has 1 N–H and O–H groups in total. The molecule has 0 radical (unpaired) electrons. The number of amides is 1. The molecule has 0 spiro atoms. The highest BCUT2D eigenvalue weighted by Crippen LogP contribution is 2.29. The summed E-state index contributed by atoms with van der Waals surface area (Å²) in [5, 5.41) is 2.69. The second-order valence-corrected chi connectivity index (χ2v) is 11.1. The molecule has 0 aromatic heterocycles. The number of carbonyl (C=O) groups is 2. The maximum absolute atomic E-state index is 13.7. The molecule has 1 atom stereocenters. The van der Waals surface area contributed by atoms with Crippen molar-refractivity contribution < 1.29 is 27.8 Å². The number of benzene rings is 3. The lowest BCUT2D eigenvalue weighted by atomic mass is 9.93. The third-order valence-corrected chi connectivity index (χ3v) is 7.46. The van der Waals surface area contributed by atoms with Crippen LogP contribution in [0.5, 0.6) is 0 Å². The Morgan fingerprint density at radius 2 is 1.71 bits per heavy atom. The van der Waals surface area contributed by atoms with Gasteiger partial charge in [-0.1, -0.05) is 43.7 Å². The Bertz CT molecular complexity index is 1320. The minimum Gasteiger partial charge on any atom is -0.466 e. The number of thioether (sulfide) groups is 1. The molecule has 3 rings (SSSR count). The summed E-state index contributed by atoms with van der Waals surface area (Å²) in [5.41, 5.74) is 4.65. The fraction of sp³-hybridized carbons (Fsp3) is 0.394. The average Bonchev–Trinajstić information content (AvgIpc) is 2.97. The Labute approximate surface area is 251 Å². The van der Waals surface area contributed by atoms with Crippen molar-refractivity contribution in [1.29, 1.82) is 0 Å². The molecule has 0 bridgehead atoms. The average molecular weight is 599 g/mol. The number of rotatable bonds is 16. The van der Waals surface area contributed by atoms with Gasteiger partial charge in [-0.3, -0.25) is 9.69 Å². The van der Waals surface area contributed by atoms with Crippen LogP contribution < -0.4 is 5.32 Å². The van der Waals surface area contributed by atoms with Gasteiger partial charge in [-0.25, -0.2) is 13.6 Å². The van der Waals surface area contributed by atoms with Crippen LogP contribution in [0.25, 0.3) is 11.1 Å². The van der Waals surface area contributed by atoms with Gasteiger partial charge in [-0.15, -0.1) is 0 Å². The Morgan fingerprint density at radius 1 is 0.976 bits per heavy atom. The third kappa shape index (κ3) is 9.93. The van der Waals surface area contributed by atoms with E-state index in [-0.39, 0.29) is 6.61 Å². The molecule has 0 heterocycles. The Kier molecular flexibility index (Phi) is 13.4. The van der Waals surface area contributed by atoms with Crippen molar-refractivity contribution in [3.8, 4) is 11.1 Å². The molecule has 0 fully saturated rings. The summed E-state index contributed by atoms with van der Waals surface area (Å²) >= 11 is 1.57. The summed E-state index contributed by atoms with van der Waals surface area (Å²) in [5.74, 6) is -1.62. The molecule has 0 aliphatic heterocycles. The van der Waals surface area contributed by atoms with E-state index in [2.05, 4.69) is 17.1 Å². The number of hydrogen-bond acceptors (Lipinski definition) is 6. The molecule has 3 aromatic carbocycles. The number of nitrogens with one attached hydrogen (secondary N) is 1. The van der Waals surface area contributed by atoms with Crippen molar-refractivity contribution >= 4 is 23.6 Å². The van der Waals surface area contributed by atoms with E-state index in [1.807, 2.05) is 49.6 Å².